The van der Waals surface area contributed by atoms with E-state index in [-0.39, 0.29) is 6.04 Å². The van der Waals surface area contributed by atoms with Crippen LogP contribution >= 0.6 is 0 Å². The van der Waals surface area contributed by atoms with Crippen LogP contribution in [0.3, 0.4) is 0 Å². The van der Waals surface area contributed by atoms with Crippen molar-refractivity contribution in [2.45, 2.75) is 25.8 Å². The van der Waals surface area contributed by atoms with Crippen molar-refractivity contribution in [2.24, 2.45) is 12.8 Å². The van der Waals surface area contributed by atoms with Crippen molar-refractivity contribution in [1.29, 1.82) is 0 Å². The van der Waals surface area contributed by atoms with E-state index >= 15 is 0 Å². The van der Waals surface area contributed by atoms with Gasteiger partial charge in [0.25, 0.3) is 0 Å². The van der Waals surface area contributed by atoms with Gasteiger partial charge in [0, 0.05) is 24.8 Å². The molecule has 90 valence electrons. The molecule has 0 aliphatic heterocycles. The van der Waals surface area contributed by atoms with E-state index in [9.17, 15) is 0 Å². The molecule has 0 saturated heterocycles. The van der Waals surface area contributed by atoms with E-state index in [0.29, 0.717) is 0 Å². The van der Waals surface area contributed by atoms with Crippen molar-refractivity contribution in [2.75, 3.05) is 0 Å². The first-order valence-corrected chi connectivity index (χ1v) is 5.98. The van der Waals surface area contributed by atoms with Crippen LogP contribution in [0.4, 0.5) is 0 Å². The molecule has 0 fully saturated rings. The van der Waals surface area contributed by atoms with Crippen molar-refractivity contribution in [3.05, 3.63) is 42.2 Å². The largest absolute Gasteiger partial charge is 0.328 e. The fourth-order valence-electron chi connectivity index (χ4n) is 1.83. The summed E-state index contributed by atoms with van der Waals surface area (Å²) in [5, 5.41) is 4.18. The van der Waals surface area contributed by atoms with Gasteiger partial charge in [-0.3, -0.25) is 4.68 Å². The molecule has 3 heteroatoms. The molecule has 0 bridgehead atoms. The molecule has 1 aromatic carbocycles. The normalized spacial score (nSPS) is 12.6. The number of nitrogens with two attached hydrogens (primary N) is 1. The predicted molar refractivity (Wildman–Crippen MR) is 70.6 cm³/mol. The van der Waals surface area contributed by atoms with Gasteiger partial charge in [-0.15, -0.1) is 0 Å². The molecule has 0 amide bonds. The van der Waals surface area contributed by atoms with Gasteiger partial charge in [0.2, 0.25) is 0 Å². The van der Waals surface area contributed by atoms with Crippen LogP contribution in [0.5, 0.6) is 0 Å². The maximum Gasteiger partial charge on any atom is 0.0568 e. The lowest BCUT2D eigenvalue weighted by Crippen LogP contribution is -2.15. The van der Waals surface area contributed by atoms with Crippen molar-refractivity contribution in [3.63, 3.8) is 0 Å². The minimum Gasteiger partial charge on any atom is -0.328 e. The lowest BCUT2D eigenvalue weighted by Gasteiger charge is -2.05. The minimum absolute atomic E-state index is 0.271. The second-order valence-electron chi connectivity index (χ2n) is 4.62. The quantitative estimate of drug-likeness (QED) is 0.874. The molecular weight excluding hydrogens is 210 g/mol. The van der Waals surface area contributed by atoms with E-state index in [1.165, 1.54) is 11.1 Å². The summed E-state index contributed by atoms with van der Waals surface area (Å²) in [6, 6.07) is 8.91. The molecule has 2 N–H and O–H groups in total. The van der Waals surface area contributed by atoms with E-state index in [4.69, 9.17) is 5.73 Å². The Balaban J connectivity index is 2.07. The first-order chi connectivity index (χ1) is 8.15. The maximum absolute atomic E-state index is 5.75. The Hall–Kier alpha value is -1.61. The predicted octanol–water partition coefficient (Wildman–Crippen LogP) is 2.37. The summed E-state index contributed by atoms with van der Waals surface area (Å²) in [5.41, 5.74) is 9.46. The van der Waals surface area contributed by atoms with E-state index in [2.05, 4.69) is 29.4 Å². The molecular formula is C14H19N3. The van der Waals surface area contributed by atoms with Gasteiger partial charge in [-0.2, -0.15) is 5.10 Å². The van der Waals surface area contributed by atoms with Gasteiger partial charge in [0.1, 0.15) is 0 Å². The van der Waals surface area contributed by atoms with Gasteiger partial charge in [0.05, 0.1) is 6.20 Å². The lowest BCUT2D eigenvalue weighted by molar-refractivity contribution is 0.666. The number of benzene rings is 1. The van der Waals surface area contributed by atoms with Gasteiger partial charge >= 0.3 is 0 Å². The summed E-state index contributed by atoms with van der Waals surface area (Å²) in [4.78, 5) is 0. The van der Waals surface area contributed by atoms with Gasteiger partial charge in [-0.05, 0) is 30.9 Å². The number of nitrogens with zero attached hydrogens (tertiary/aromatic N) is 2. The summed E-state index contributed by atoms with van der Waals surface area (Å²) in [6.07, 6.45) is 5.99. The van der Waals surface area contributed by atoms with E-state index in [1.807, 2.05) is 31.0 Å². The highest BCUT2D eigenvalue weighted by Gasteiger charge is 2.01. The van der Waals surface area contributed by atoms with Gasteiger partial charge < -0.3 is 5.73 Å². The van der Waals surface area contributed by atoms with Crippen molar-refractivity contribution < 1.29 is 0 Å². The fourth-order valence-corrected chi connectivity index (χ4v) is 1.83. The first-order valence-electron chi connectivity index (χ1n) is 5.98. The van der Waals surface area contributed by atoms with Crippen LogP contribution in [0.1, 0.15) is 18.9 Å². The number of hydrogen-bond acceptors (Lipinski definition) is 2. The Kier molecular flexibility index (Phi) is 3.59. The third-order valence-corrected chi connectivity index (χ3v) is 2.88. The Morgan fingerprint density at radius 2 is 1.94 bits per heavy atom. The highest BCUT2D eigenvalue weighted by atomic mass is 15.2. The average molecular weight is 229 g/mol. The Labute approximate surface area is 102 Å². The monoisotopic (exact) mass is 229 g/mol. The zero-order chi connectivity index (χ0) is 12.3. The third kappa shape index (κ3) is 3.17. The fraction of sp³-hybridized carbons (Fsp3) is 0.357. The number of hydrogen-bond donors (Lipinski definition) is 1. The molecule has 0 aliphatic rings. The zero-order valence-electron chi connectivity index (χ0n) is 10.4. The van der Waals surface area contributed by atoms with Crippen LogP contribution in [0.25, 0.3) is 11.1 Å². The molecule has 1 aromatic heterocycles. The van der Waals surface area contributed by atoms with Gasteiger partial charge in [-0.1, -0.05) is 24.3 Å². The second-order valence-corrected chi connectivity index (χ2v) is 4.62. The molecule has 2 rings (SSSR count). The molecule has 0 radical (unpaired) electrons. The van der Waals surface area contributed by atoms with Gasteiger partial charge in [0.15, 0.2) is 0 Å². The summed E-state index contributed by atoms with van der Waals surface area (Å²) >= 11 is 0. The van der Waals surface area contributed by atoms with E-state index in [0.717, 1.165) is 18.4 Å². The number of aromatic nitrogens is 2. The van der Waals surface area contributed by atoms with Crippen molar-refractivity contribution >= 4 is 0 Å². The van der Waals surface area contributed by atoms with Crippen LogP contribution in [0.15, 0.2) is 36.7 Å². The molecule has 1 heterocycles. The summed E-state index contributed by atoms with van der Waals surface area (Å²) in [5.74, 6) is 0. The summed E-state index contributed by atoms with van der Waals surface area (Å²) < 4.78 is 1.82. The molecule has 1 atom stereocenters. The lowest BCUT2D eigenvalue weighted by atomic mass is 10.0. The second kappa shape index (κ2) is 5.15. The minimum atomic E-state index is 0.271. The molecule has 0 saturated carbocycles. The van der Waals surface area contributed by atoms with Crippen molar-refractivity contribution in [1.82, 2.24) is 9.78 Å². The average Bonchev–Trinajstić information content (AvgIpc) is 2.74. The summed E-state index contributed by atoms with van der Waals surface area (Å²) in [7, 11) is 1.93. The van der Waals surface area contributed by atoms with Crippen molar-refractivity contribution in [3.8, 4) is 11.1 Å². The number of rotatable bonds is 4. The first kappa shape index (κ1) is 11.9. The standard InChI is InChI=1S/C14H19N3/c1-11(15)3-4-12-5-7-13(8-6-12)14-9-16-17(2)10-14/h5-11H,3-4,15H2,1-2H3. The number of aryl methyl sites for hydroxylation is 2. The highest BCUT2D eigenvalue weighted by Crippen LogP contribution is 2.19. The SMILES string of the molecule is CC(N)CCc1ccc(-c2cnn(C)c2)cc1. The molecule has 0 spiro atoms. The van der Waals surface area contributed by atoms with Crippen LogP contribution in [0.2, 0.25) is 0 Å². The summed E-state index contributed by atoms with van der Waals surface area (Å²) in [6.45, 7) is 2.05. The molecule has 17 heavy (non-hydrogen) atoms. The van der Waals surface area contributed by atoms with E-state index < -0.39 is 0 Å². The van der Waals surface area contributed by atoms with Crippen LogP contribution < -0.4 is 5.73 Å². The Morgan fingerprint density at radius 1 is 1.24 bits per heavy atom. The molecule has 1 unspecified atom stereocenters. The Morgan fingerprint density at radius 3 is 2.47 bits per heavy atom. The van der Waals surface area contributed by atoms with Crippen LogP contribution in [-0.4, -0.2) is 15.8 Å². The topological polar surface area (TPSA) is 43.8 Å². The molecule has 0 aliphatic carbocycles. The third-order valence-electron chi connectivity index (χ3n) is 2.88. The van der Waals surface area contributed by atoms with Crippen LogP contribution in [-0.2, 0) is 13.5 Å². The van der Waals surface area contributed by atoms with Crippen LogP contribution in [0, 0.1) is 0 Å². The molecule has 3 nitrogen and oxygen atoms in total. The van der Waals surface area contributed by atoms with E-state index in [1.54, 1.807) is 0 Å². The smallest absolute Gasteiger partial charge is 0.0568 e. The maximum atomic E-state index is 5.75. The Bertz CT molecular complexity index is 468. The zero-order valence-corrected chi connectivity index (χ0v) is 10.4. The highest BCUT2D eigenvalue weighted by molar-refractivity contribution is 5.61. The van der Waals surface area contributed by atoms with Gasteiger partial charge in [-0.25, -0.2) is 0 Å². The molecule has 2 aromatic rings.